The summed E-state index contributed by atoms with van der Waals surface area (Å²) in [5.74, 6) is -0.732. The minimum absolute atomic E-state index is 0.231. The maximum absolute atomic E-state index is 14.4. The van der Waals surface area contributed by atoms with E-state index in [1.54, 1.807) is 20.0 Å². The number of hydrogen-bond acceptors (Lipinski definition) is 4. The van der Waals surface area contributed by atoms with Crippen LogP contribution in [0.25, 0.3) is 0 Å². The first-order chi connectivity index (χ1) is 9.75. The molecule has 1 rings (SSSR count). The monoisotopic (exact) mass is 382 g/mol. The molecule has 0 aliphatic heterocycles. The Morgan fingerprint density at radius 2 is 2.10 bits per heavy atom. The molecule has 0 saturated carbocycles. The van der Waals surface area contributed by atoms with Crippen molar-refractivity contribution in [3.8, 4) is 0 Å². The van der Waals surface area contributed by atoms with Crippen molar-refractivity contribution >= 4 is 26.0 Å². The van der Waals surface area contributed by atoms with Crippen molar-refractivity contribution in [2.75, 3.05) is 27.8 Å². The molecular weight excluding hydrogens is 363 g/mol. The van der Waals surface area contributed by atoms with Crippen LogP contribution in [0.3, 0.4) is 0 Å². The Hall–Kier alpha value is -0.540. The third-order valence-electron chi connectivity index (χ3n) is 3.13. The van der Waals surface area contributed by atoms with Crippen LogP contribution in [0, 0.1) is 5.82 Å². The smallest absolute Gasteiger partial charge is 0.246 e. The standard InChI is InChI=1S/C13H20BrFN2O3S/c1-9(8-20-4)17(3)21(18,19)12-6-11(14)5-10(7-16-2)13(12)15/h5-6,9,16H,7-8H2,1-4H3. The Bertz CT molecular complexity index is 595. The number of nitrogens with zero attached hydrogens (tertiary/aromatic N) is 1. The molecule has 0 spiro atoms. The second kappa shape index (κ2) is 7.64. The summed E-state index contributed by atoms with van der Waals surface area (Å²) < 4.78 is 46.2. The molecule has 0 radical (unpaired) electrons. The summed E-state index contributed by atoms with van der Waals surface area (Å²) in [6, 6.07) is 2.44. The Balaban J connectivity index is 3.31. The van der Waals surface area contributed by atoms with Gasteiger partial charge in [0.15, 0.2) is 0 Å². The molecule has 0 bridgehead atoms. The summed E-state index contributed by atoms with van der Waals surface area (Å²) in [5, 5.41) is 2.81. The van der Waals surface area contributed by atoms with E-state index in [4.69, 9.17) is 4.74 Å². The molecule has 1 aromatic rings. The van der Waals surface area contributed by atoms with Gasteiger partial charge < -0.3 is 10.1 Å². The van der Waals surface area contributed by atoms with E-state index >= 15 is 0 Å². The highest BCUT2D eigenvalue weighted by molar-refractivity contribution is 9.10. The molecule has 0 saturated heterocycles. The van der Waals surface area contributed by atoms with Crippen LogP contribution < -0.4 is 5.32 Å². The average Bonchev–Trinajstić information content (AvgIpc) is 2.41. The molecule has 0 heterocycles. The van der Waals surface area contributed by atoms with E-state index in [1.807, 2.05) is 0 Å². The lowest BCUT2D eigenvalue weighted by Gasteiger charge is -2.24. The highest BCUT2D eigenvalue weighted by Crippen LogP contribution is 2.27. The number of halogens is 2. The Morgan fingerprint density at radius 1 is 1.48 bits per heavy atom. The first-order valence-corrected chi connectivity index (χ1v) is 8.58. The molecule has 0 aromatic heterocycles. The van der Waals surface area contributed by atoms with Crippen molar-refractivity contribution in [1.29, 1.82) is 0 Å². The molecule has 1 unspecified atom stereocenters. The Kier molecular flexibility index (Phi) is 6.73. The van der Waals surface area contributed by atoms with Gasteiger partial charge in [-0.3, -0.25) is 0 Å². The van der Waals surface area contributed by atoms with E-state index in [1.165, 1.54) is 20.2 Å². The number of likely N-dealkylation sites (N-methyl/N-ethyl adjacent to an activating group) is 1. The molecule has 0 aliphatic rings. The lowest BCUT2D eigenvalue weighted by molar-refractivity contribution is 0.149. The molecule has 1 N–H and O–H groups in total. The van der Waals surface area contributed by atoms with Crippen LogP contribution in [-0.2, 0) is 21.3 Å². The van der Waals surface area contributed by atoms with Crippen molar-refractivity contribution in [3.63, 3.8) is 0 Å². The topological polar surface area (TPSA) is 58.6 Å². The number of benzene rings is 1. The van der Waals surface area contributed by atoms with Crippen LogP contribution in [0.1, 0.15) is 12.5 Å². The summed E-state index contributed by atoms with van der Waals surface area (Å²) in [4.78, 5) is -0.340. The number of sulfonamides is 1. The van der Waals surface area contributed by atoms with Gasteiger partial charge in [0.05, 0.1) is 6.61 Å². The van der Waals surface area contributed by atoms with Gasteiger partial charge >= 0.3 is 0 Å². The van der Waals surface area contributed by atoms with E-state index in [2.05, 4.69) is 21.2 Å². The van der Waals surface area contributed by atoms with Crippen LogP contribution in [0.15, 0.2) is 21.5 Å². The first-order valence-electron chi connectivity index (χ1n) is 6.35. The lowest BCUT2D eigenvalue weighted by atomic mass is 10.2. The fourth-order valence-electron chi connectivity index (χ4n) is 1.86. The Labute approximate surface area is 133 Å². The maximum atomic E-state index is 14.4. The van der Waals surface area contributed by atoms with Gasteiger partial charge in [0.25, 0.3) is 0 Å². The number of rotatable bonds is 7. The van der Waals surface area contributed by atoms with Gasteiger partial charge in [0.2, 0.25) is 10.0 Å². The van der Waals surface area contributed by atoms with Crippen LogP contribution in [-0.4, -0.2) is 46.6 Å². The molecule has 5 nitrogen and oxygen atoms in total. The van der Waals surface area contributed by atoms with Crippen LogP contribution in [0.2, 0.25) is 0 Å². The zero-order chi connectivity index (χ0) is 16.2. The fraction of sp³-hybridized carbons (Fsp3) is 0.538. The van der Waals surface area contributed by atoms with E-state index in [0.717, 1.165) is 4.31 Å². The zero-order valence-electron chi connectivity index (χ0n) is 12.5. The van der Waals surface area contributed by atoms with Gasteiger partial charge in [-0.15, -0.1) is 0 Å². The van der Waals surface area contributed by atoms with Crippen molar-refractivity contribution in [3.05, 3.63) is 28.0 Å². The van der Waals surface area contributed by atoms with Crippen LogP contribution in [0.5, 0.6) is 0 Å². The van der Waals surface area contributed by atoms with Gasteiger partial charge in [-0.05, 0) is 26.1 Å². The van der Waals surface area contributed by atoms with Gasteiger partial charge in [0.1, 0.15) is 10.7 Å². The minimum Gasteiger partial charge on any atom is -0.383 e. The van der Waals surface area contributed by atoms with E-state index in [-0.39, 0.29) is 18.0 Å². The van der Waals surface area contributed by atoms with Crippen LogP contribution in [0.4, 0.5) is 4.39 Å². The second-order valence-electron chi connectivity index (χ2n) is 4.73. The number of hydrogen-bond donors (Lipinski definition) is 1. The predicted octanol–water partition coefficient (Wildman–Crippen LogP) is 1.96. The van der Waals surface area contributed by atoms with E-state index in [0.29, 0.717) is 10.0 Å². The summed E-state index contributed by atoms with van der Waals surface area (Å²) in [5.41, 5.74) is 0.290. The molecule has 120 valence electrons. The third kappa shape index (κ3) is 4.23. The van der Waals surface area contributed by atoms with Crippen molar-refractivity contribution < 1.29 is 17.5 Å². The fourth-order valence-corrected chi connectivity index (χ4v) is 4.00. The summed E-state index contributed by atoms with van der Waals surface area (Å²) in [6.45, 7) is 2.17. The van der Waals surface area contributed by atoms with Gasteiger partial charge in [0, 0.05) is 36.8 Å². The maximum Gasteiger partial charge on any atom is 0.246 e. The Morgan fingerprint density at radius 3 is 2.62 bits per heavy atom. The number of ether oxygens (including phenoxy) is 1. The summed E-state index contributed by atoms with van der Waals surface area (Å²) in [7, 11) is 0.636. The normalized spacial score (nSPS) is 13.7. The minimum atomic E-state index is -3.93. The highest BCUT2D eigenvalue weighted by Gasteiger charge is 2.29. The quantitative estimate of drug-likeness (QED) is 0.782. The second-order valence-corrected chi connectivity index (χ2v) is 7.61. The van der Waals surface area contributed by atoms with Gasteiger partial charge in [-0.25, -0.2) is 12.8 Å². The molecule has 0 aliphatic carbocycles. The summed E-state index contributed by atoms with van der Waals surface area (Å²) >= 11 is 3.22. The number of nitrogens with one attached hydrogen (secondary N) is 1. The molecule has 8 heteroatoms. The van der Waals surface area contributed by atoms with E-state index < -0.39 is 21.9 Å². The van der Waals surface area contributed by atoms with Gasteiger partial charge in [-0.2, -0.15) is 4.31 Å². The lowest BCUT2D eigenvalue weighted by Crippen LogP contribution is -2.38. The average molecular weight is 383 g/mol. The predicted molar refractivity (Wildman–Crippen MR) is 83.2 cm³/mol. The van der Waals surface area contributed by atoms with Gasteiger partial charge in [-0.1, -0.05) is 15.9 Å². The van der Waals surface area contributed by atoms with E-state index in [9.17, 15) is 12.8 Å². The first kappa shape index (κ1) is 18.5. The van der Waals surface area contributed by atoms with Crippen LogP contribution >= 0.6 is 15.9 Å². The highest BCUT2D eigenvalue weighted by atomic mass is 79.9. The molecule has 1 aromatic carbocycles. The molecular formula is C13H20BrFN2O3S. The molecule has 1 atom stereocenters. The largest absolute Gasteiger partial charge is 0.383 e. The number of methoxy groups -OCH3 is 1. The molecule has 0 amide bonds. The zero-order valence-corrected chi connectivity index (χ0v) is 14.9. The third-order valence-corrected chi connectivity index (χ3v) is 5.56. The molecule has 0 fully saturated rings. The summed E-state index contributed by atoms with van der Waals surface area (Å²) in [6.07, 6.45) is 0. The van der Waals surface area contributed by atoms with Crippen molar-refractivity contribution in [2.24, 2.45) is 0 Å². The van der Waals surface area contributed by atoms with Crippen molar-refractivity contribution in [2.45, 2.75) is 24.4 Å². The SMILES string of the molecule is CNCc1cc(Br)cc(S(=O)(=O)N(C)C(C)COC)c1F. The molecule has 21 heavy (non-hydrogen) atoms. The van der Waals surface area contributed by atoms with Crippen molar-refractivity contribution in [1.82, 2.24) is 9.62 Å².